The summed E-state index contributed by atoms with van der Waals surface area (Å²) >= 11 is 0. The van der Waals surface area contributed by atoms with Crippen LogP contribution < -0.4 is 4.90 Å². The molecule has 0 radical (unpaired) electrons. The number of pyridine rings is 2. The largest absolute Gasteiger partial charge is 0.505 e. The third kappa shape index (κ3) is 3.82. The van der Waals surface area contributed by atoms with Gasteiger partial charge in [0, 0.05) is 55.2 Å². The number of piperazine rings is 1. The Balaban J connectivity index is 1.47. The molecule has 0 spiro atoms. The molecule has 2 aromatic heterocycles. The zero-order valence-electron chi connectivity index (χ0n) is 17.0. The highest BCUT2D eigenvalue weighted by Crippen LogP contribution is 2.37. The van der Waals surface area contributed by atoms with Crippen molar-refractivity contribution in [2.24, 2.45) is 0 Å². The maximum absolute atomic E-state index is 13.3. The van der Waals surface area contributed by atoms with Gasteiger partial charge >= 0.3 is 0 Å². The summed E-state index contributed by atoms with van der Waals surface area (Å²) in [6.45, 7) is 3.19. The van der Waals surface area contributed by atoms with E-state index in [0.717, 1.165) is 48.5 Å². The van der Waals surface area contributed by atoms with Gasteiger partial charge in [0.1, 0.15) is 17.1 Å². The van der Waals surface area contributed by atoms with E-state index < -0.39 is 0 Å². The molecule has 1 aliphatic heterocycles. The van der Waals surface area contributed by atoms with E-state index in [2.05, 4.69) is 19.8 Å². The van der Waals surface area contributed by atoms with Crippen LogP contribution in [0.1, 0.15) is 17.3 Å². The van der Waals surface area contributed by atoms with Gasteiger partial charge in [-0.05, 0) is 42.5 Å². The number of phenols is 1. The van der Waals surface area contributed by atoms with Gasteiger partial charge in [-0.1, -0.05) is 24.3 Å². The van der Waals surface area contributed by atoms with Crippen molar-refractivity contribution in [2.75, 3.05) is 31.1 Å². The maximum Gasteiger partial charge on any atom is 0.146 e. The molecule has 0 bridgehead atoms. The van der Waals surface area contributed by atoms with Gasteiger partial charge in [0.25, 0.3) is 0 Å². The van der Waals surface area contributed by atoms with Crippen LogP contribution in [-0.4, -0.2) is 46.2 Å². The average Bonchev–Trinajstić information content (AvgIpc) is 2.83. The standard InChI is InChI=1S/C25H23FN4O/c26-19-7-9-20(10-8-19)29-14-16-30(17-15-29)24(22-5-1-2-12-27-22)21-11-6-18-4-3-13-28-23(18)25(21)31/h1-13,24,31H,14-17H2. The summed E-state index contributed by atoms with van der Waals surface area (Å²) in [7, 11) is 0. The lowest BCUT2D eigenvalue weighted by molar-refractivity contribution is 0.206. The van der Waals surface area contributed by atoms with Crippen LogP contribution in [0.15, 0.2) is 79.1 Å². The summed E-state index contributed by atoms with van der Waals surface area (Å²) in [5.41, 5.74) is 3.32. The quantitative estimate of drug-likeness (QED) is 0.537. The second-order valence-electron chi connectivity index (χ2n) is 7.74. The van der Waals surface area contributed by atoms with Gasteiger partial charge in [-0.2, -0.15) is 0 Å². The Hall–Kier alpha value is -3.51. The normalized spacial score (nSPS) is 15.8. The van der Waals surface area contributed by atoms with E-state index in [1.165, 1.54) is 12.1 Å². The van der Waals surface area contributed by atoms with E-state index in [0.29, 0.717) is 5.52 Å². The maximum atomic E-state index is 13.3. The van der Waals surface area contributed by atoms with Gasteiger partial charge in [0.2, 0.25) is 0 Å². The van der Waals surface area contributed by atoms with Crippen molar-refractivity contribution in [3.8, 4) is 5.75 Å². The van der Waals surface area contributed by atoms with E-state index in [4.69, 9.17) is 0 Å². The van der Waals surface area contributed by atoms with Crippen molar-refractivity contribution in [3.63, 3.8) is 0 Å². The predicted octanol–water partition coefficient (Wildman–Crippen LogP) is 4.39. The van der Waals surface area contributed by atoms with Crippen molar-refractivity contribution in [3.05, 3.63) is 96.2 Å². The lowest BCUT2D eigenvalue weighted by atomic mass is 9.97. The van der Waals surface area contributed by atoms with E-state index in [9.17, 15) is 9.50 Å². The first kappa shape index (κ1) is 19.5. The average molecular weight is 414 g/mol. The topological polar surface area (TPSA) is 52.5 Å². The van der Waals surface area contributed by atoms with Gasteiger partial charge < -0.3 is 10.0 Å². The van der Waals surface area contributed by atoms with E-state index in [1.807, 2.05) is 54.6 Å². The zero-order chi connectivity index (χ0) is 21.2. The van der Waals surface area contributed by atoms with Gasteiger partial charge in [-0.3, -0.25) is 14.9 Å². The van der Waals surface area contributed by atoms with Crippen LogP contribution in [0.3, 0.4) is 0 Å². The minimum absolute atomic E-state index is 0.178. The Labute approximate surface area is 180 Å². The number of halogens is 1. The van der Waals surface area contributed by atoms with Gasteiger partial charge in [0.05, 0.1) is 11.7 Å². The Kier molecular flexibility index (Phi) is 5.22. The second kappa shape index (κ2) is 8.32. The van der Waals surface area contributed by atoms with Crippen molar-refractivity contribution in [1.29, 1.82) is 0 Å². The minimum Gasteiger partial charge on any atom is -0.505 e. The number of hydrogen-bond acceptors (Lipinski definition) is 5. The molecule has 1 saturated heterocycles. The lowest BCUT2D eigenvalue weighted by Crippen LogP contribution is -2.48. The van der Waals surface area contributed by atoms with Crippen LogP contribution >= 0.6 is 0 Å². The SMILES string of the molecule is Oc1c(C(c2ccccn2)N2CCN(c3ccc(F)cc3)CC2)ccc2cccnc12. The Bertz CT molecular complexity index is 1180. The molecule has 2 aromatic carbocycles. The van der Waals surface area contributed by atoms with E-state index in [1.54, 1.807) is 12.4 Å². The molecule has 0 saturated carbocycles. The Morgan fingerprint density at radius 2 is 1.58 bits per heavy atom. The van der Waals surface area contributed by atoms with Crippen molar-refractivity contribution in [1.82, 2.24) is 14.9 Å². The number of benzene rings is 2. The lowest BCUT2D eigenvalue weighted by Gasteiger charge is -2.40. The van der Waals surface area contributed by atoms with Crippen LogP contribution in [-0.2, 0) is 0 Å². The number of hydrogen-bond donors (Lipinski definition) is 1. The number of rotatable bonds is 4. The summed E-state index contributed by atoms with van der Waals surface area (Å²) in [5, 5.41) is 12.0. The second-order valence-corrected chi connectivity index (χ2v) is 7.74. The third-order valence-electron chi connectivity index (χ3n) is 5.91. The molecular weight excluding hydrogens is 391 g/mol. The summed E-state index contributed by atoms with van der Waals surface area (Å²) in [6.07, 6.45) is 3.48. The smallest absolute Gasteiger partial charge is 0.146 e. The molecule has 156 valence electrons. The highest BCUT2D eigenvalue weighted by atomic mass is 19.1. The fourth-order valence-electron chi connectivity index (χ4n) is 4.34. The van der Waals surface area contributed by atoms with E-state index in [-0.39, 0.29) is 17.6 Å². The molecule has 31 heavy (non-hydrogen) atoms. The molecule has 1 atom stereocenters. The van der Waals surface area contributed by atoms with Crippen LogP contribution in [0.4, 0.5) is 10.1 Å². The molecule has 6 heteroatoms. The first-order valence-electron chi connectivity index (χ1n) is 10.4. The Morgan fingerprint density at radius 3 is 2.32 bits per heavy atom. The van der Waals surface area contributed by atoms with Crippen molar-refractivity contribution >= 4 is 16.6 Å². The first-order valence-corrected chi connectivity index (χ1v) is 10.4. The molecule has 1 N–H and O–H groups in total. The molecule has 4 aromatic rings. The number of fused-ring (bicyclic) bond motifs is 1. The number of aromatic hydroxyl groups is 1. The molecule has 0 aliphatic carbocycles. The minimum atomic E-state index is -0.224. The zero-order valence-corrected chi connectivity index (χ0v) is 17.0. The Morgan fingerprint density at radius 1 is 0.806 bits per heavy atom. The van der Waals surface area contributed by atoms with Gasteiger partial charge in [-0.25, -0.2) is 4.39 Å². The molecule has 0 amide bonds. The number of phenolic OH excluding ortho intramolecular Hbond substituents is 1. The summed E-state index contributed by atoms with van der Waals surface area (Å²) in [4.78, 5) is 13.6. The number of anilines is 1. The monoisotopic (exact) mass is 414 g/mol. The van der Waals surface area contributed by atoms with E-state index >= 15 is 0 Å². The van der Waals surface area contributed by atoms with Crippen LogP contribution in [0.25, 0.3) is 10.9 Å². The van der Waals surface area contributed by atoms with Crippen LogP contribution in [0.5, 0.6) is 5.75 Å². The molecule has 1 unspecified atom stereocenters. The van der Waals surface area contributed by atoms with Gasteiger partial charge in [-0.15, -0.1) is 0 Å². The predicted molar refractivity (Wildman–Crippen MR) is 120 cm³/mol. The summed E-state index contributed by atoms with van der Waals surface area (Å²) in [5.74, 6) is -0.0206. The molecule has 1 aliphatic rings. The van der Waals surface area contributed by atoms with Gasteiger partial charge in [0.15, 0.2) is 0 Å². The van der Waals surface area contributed by atoms with Crippen molar-refractivity contribution < 1.29 is 9.50 Å². The van der Waals surface area contributed by atoms with Crippen molar-refractivity contribution in [2.45, 2.75) is 6.04 Å². The highest BCUT2D eigenvalue weighted by Gasteiger charge is 2.30. The first-order chi connectivity index (χ1) is 15.2. The number of nitrogens with zero attached hydrogens (tertiary/aromatic N) is 4. The molecule has 5 nitrogen and oxygen atoms in total. The fraction of sp³-hybridized carbons (Fsp3) is 0.200. The molecular formula is C25H23FN4O. The summed E-state index contributed by atoms with van der Waals surface area (Å²) < 4.78 is 13.3. The molecule has 1 fully saturated rings. The highest BCUT2D eigenvalue weighted by molar-refractivity contribution is 5.85. The summed E-state index contributed by atoms with van der Waals surface area (Å²) in [6, 6.07) is 20.1. The molecule has 3 heterocycles. The molecule has 5 rings (SSSR count). The van der Waals surface area contributed by atoms with Crippen LogP contribution in [0.2, 0.25) is 0 Å². The fourth-order valence-corrected chi connectivity index (χ4v) is 4.34. The number of aromatic nitrogens is 2. The van der Waals surface area contributed by atoms with Crippen LogP contribution in [0, 0.1) is 5.82 Å². The third-order valence-corrected chi connectivity index (χ3v) is 5.91.